The summed E-state index contributed by atoms with van der Waals surface area (Å²) in [6.07, 6.45) is 2.49. The lowest BCUT2D eigenvalue weighted by Gasteiger charge is -2.25. The van der Waals surface area contributed by atoms with Crippen molar-refractivity contribution in [3.05, 3.63) is 53.1 Å². The minimum Gasteiger partial charge on any atom is -0.486 e. The van der Waals surface area contributed by atoms with Crippen molar-refractivity contribution in [2.45, 2.75) is 37.8 Å². The summed E-state index contributed by atoms with van der Waals surface area (Å²) in [6, 6.07) is 14.3. The molecule has 0 radical (unpaired) electrons. The van der Waals surface area contributed by atoms with E-state index < -0.39 is 0 Å². The van der Waals surface area contributed by atoms with E-state index in [0.717, 1.165) is 29.7 Å². The normalized spacial score (nSPS) is 16.1. The number of hydrogen-bond acceptors (Lipinski definition) is 7. The van der Waals surface area contributed by atoms with Crippen molar-refractivity contribution in [2.75, 3.05) is 37.4 Å². The number of thioether (sulfide) groups is 1. The van der Waals surface area contributed by atoms with Gasteiger partial charge in [0.1, 0.15) is 24.3 Å². The highest BCUT2D eigenvalue weighted by Crippen LogP contribution is 2.36. The van der Waals surface area contributed by atoms with E-state index in [1.807, 2.05) is 19.1 Å². The van der Waals surface area contributed by atoms with Gasteiger partial charge in [-0.25, -0.2) is 4.98 Å². The zero-order valence-electron chi connectivity index (χ0n) is 20.0. The number of amides is 1. The Labute approximate surface area is 209 Å². The molecular weight excluding hydrogens is 460 g/mol. The SMILES string of the molecule is Cc1ccc(C(C)N2CCCC2)cc1NC(=O)CSc1nc2cc3c(cc2cc1C#N)OCCO3. The molecule has 1 fully saturated rings. The summed E-state index contributed by atoms with van der Waals surface area (Å²) in [7, 11) is 0. The summed E-state index contributed by atoms with van der Waals surface area (Å²) in [5.74, 6) is 1.33. The second-order valence-electron chi connectivity index (χ2n) is 8.97. The van der Waals surface area contributed by atoms with Crippen molar-refractivity contribution < 1.29 is 14.3 Å². The van der Waals surface area contributed by atoms with Gasteiger partial charge in [0.25, 0.3) is 0 Å². The van der Waals surface area contributed by atoms with Crippen LogP contribution < -0.4 is 14.8 Å². The molecular formula is C27H28N4O3S. The molecule has 1 atom stereocenters. The Hall–Kier alpha value is -3.28. The third-order valence-electron chi connectivity index (χ3n) is 6.61. The molecule has 0 saturated carbocycles. The first-order valence-electron chi connectivity index (χ1n) is 11.9. The third-order valence-corrected chi connectivity index (χ3v) is 7.60. The minimum atomic E-state index is -0.128. The smallest absolute Gasteiger partial charge is 0.234 e. The number of carbonyl (C=O) groups is 1. The largest absolute Gasteiger partial charge is 0.486 e. The first-order chi connectivity index (χ1) is 17.0. The molecule has 7 nitrogen and oxygen atoms in total. The number of nitrogens with zero attached hydrogens (tertiary/aromatic N) is 3. The first-order valence-corrected chi connectivity index (χ1v) is 12.9. The predicted octanol–water partition coefficient (Wildman–Crippen LogP) is 5.07. The molecule has 0 aliphatic carbocycles. The zero-order valence-corrected chi connectivity index (χ0v) is 20.8. The molecule has 35 heavy (non-hydrogen) atoms. The Kier molecular flexibility index (Phi) is 6.80. The van der Waals surface area contributed by atoms with Crippen molar-refractivity contribution in [3.8, 4) is 17.6 Å². The van der Waals surface area contributed by atoms with Gasteiger partial charge in [-0.05, 0) is 69.1 Å². The topological polar surface area (TPSA) is 87.5 Å². The maximum atomic E-state index is 12.8. The van der Waals surface area contributed by atoms with Gasteiger partial charge in [-0.2, -0.15) is 5.26 Å². The molecule has 8 heteroatoms. The average Bonchev–Trinajstić information content (AvgIpc) is 3.41. The lowest BCUT2D eigenvalue weighted by Crippen LogP contribution is -2.23. The molecule has 1 unspecified atom stereocenters. The molecule has 1 N–H and O–H groups in total. The number of benzene rings is 2. The number of nitrogens with one attached hydrogen (secondary N) is 1. The molecule has 3 heterocycles. The molecule has 2 aromatic carbocycles. The lowest BCUT2D eigenvalue weighted by molar-refractivity contribution is -0.113. The Morgan fingerprint density at radius 2 is 1.91 bits per heavy atom. The Morgan fingerprint density at radius 3 is 2.66 bits per heavy atom. The second-order valence-corrected chi connectivity index (χ2v) is 9.94. The molecule has 2 aliphatic heterocycles. The number of aromatic nitrogens is 1. The number of anilines is 1. The van der Waals surface area contributed by atoms with E-state index in [1.54, 1.807) is 6.07 Å². The third kappa shape index (κ3) is 5.07. The quantitative estimate of drug-likeness (QED) is 0.485. The predicted molar refractivity (Wildman–Crippen MR) is 137 cm³/mol. The van der Waals surface area contributed by atoms with E-state index in [4.69, 9.17) is 9.47 Å². The van der Waals surface area contributed by atoms with E-state index in [-0.39, 0.29) is 11.7 Å². The van der Waals surface area contributed by atoms with Gasteiger partial charge >= 0.3 is 0 Å². The number of ether oxygens (including phenoxy) is 2. The van der Waals surface area contributed by atoms with Gasteiger partial charge in [-0.1, -0.05) is 23.9 Å². The van der Waals surface area contributed by atoms with Crippen LogP contribution in [-0.2, 0) is 4.79 Å². The van der Waals surface area contributed by atoms with Crippen LogP contribution in [0, 0.1) is 18.3 Å². The number of hydrogen-bond donors (Lipinski definition) is 1. The van der Waals surface area contributed by atoms with Gasteiger partial charge < -0.3 is 14.8 Å². The number of likely N-dealkylation sites (tertiary alicyclic amines) is 1. The number of fused-ring (bicyclic) bond motifs is 2. The summed E-state index contributed by atoms with van der Waals surface area (Å²) >= 11 is 1.26. The Bertz CT molecular complexity index is 1310. The fourth-order valence-electron chi connectivity index (χ4n) is 4.58. The van der Waals surface area contributed by atoms with Crippen LogP contribution in [0.3, 0.4) is 0 Å². The van der Waals surface area contributed by atoms with Crippen molar-refractivity contribution in [1.82, 2.24) is 9.88 Å². The van der Waals surface area contributed by atoms with Crippen LogP contribution in [0.2, 0.25) is 0 Å². The Morgan fingerprint density at radius 1 is 1.17 bits per heavy atom. The van der Waals surface area contributed by atoms with Crippen LogP contribution in [-0.4, -0.2) is 47.8 Å². The molecule has 3 aromatic rings. The molecule has 1 amide bonds. The lowest BCUT2D eigenvalue weighted by atomic mass is 10.0. The fourth-order valence-corrected chi connectivity index (χ4v) is 5.34. The molecule has 0 spiro atoms. The highest BCUT2D eigenvalue weighted by molar-refractivity contribution is 8.00. The molecule has 180 valence electrons. The second kappa shape index (κ2) is 10.1. The van der Waals surface area contributed by atoms with Crippen LogP contribution in [0.15, 0.2) is 41.4 Å². The summed E-state index contributed by atoms with van der Waals surface area (Å²) in [4.78, 5) is 20.0. The molecule has 2 aliphatic rings. The van der Waals surface area contributed by atoms with Crippen molar-refractivity contribution in [3.63, 3.8) is 0 Å². The summed E-state index contributed by atoms with van der Waals surface area (Å²) in [5.41, 5.74) is 4.20. The maximum Gasteiger partial charge on any atom is 0.234 e. The number of rotatable bonds is 6. The van der Waals surface area contributed by atoms with Gasteiger partial charge in [0.15, 0.2) is 11.5 Å². The molecule has 1 aromatic heterocycles. The summed E-state index contributed by atoms with van der Waals surface area (Å²) < 4.78 is 11.3. The van der Waals surface area contributed by atoms with Gasteiger partial charge in [0, 0.05) is 23.2 Å². The van der Waals surface area contributed by atoms with Gasteiger partial charge in [0.2, 0.25) is 5.91 Å². The van der Waals surface area contributed by atoms with Crippen LogP contribution in [0.25, 0.3) is 10.9 Å². The number of carbonyl (C=O) groups excluding carboxylic acids is 1. The molecule has 0 bridgehead atoms. The van der Waals surface area contributed by atoms with E-state index in [9.17, 15) is 10.1 Å². The highest BCUT2D eigenvalue weighted by atomic mass is 32.2. The van der Waals surface area contributed by atoms with Crippen molar-refractivity contribution in [2.24, 2.45) is 0 Å². The van der Waals surface area contributed by atoms with Crippen LogP contribution in [0.5, 0.6) is 11.5 Å². The maximum absolute atomic E-state index is 12.8. The Balaban J connectivity index is 1.30. The molecule has 1 saturated heterocycles. The van der Waals surface area contributed by atoms with E-state index >= 15 is 0 Å². The molecule has 5 rings (SSSR count). The van der Waals surface area contributed by atoms with Crippen LogP contribution in [0.4, 0.5) is 5.69 Å². The van der Waals surface area contributed by atoms with Crippen LogP contribution in [0.1, 0.15) is 42.5 Å². The zero-order chi connectivity index (χ0) is 24.4. The number of nitriles is 1. The van der Waals surface area contributed by atoms with Gasteiger partial charge in [-0.3, -0.25) is 9.69 Å². The fraction of sp³-hybridized carbons (Fsp3) is 0.370. The average molecular weight is 489 g/mol. The number of pyridine rings is 1. The summed E-state index contributed by atoms with van der Waals surface area (Å²) in [6.45, 7) is 7.46. The van der Waals surface area contributed by atoms with E-state index in [0.29, 0.717) is 46.9 Å². The first kappa shape index (κ1) is 23.5. The number of aryl methyl sites for hydroxylation is 1. The highest BCUT2D eigenvalue weighted by Gasteiger charge is 2.20. The van der Waals surface area contributed by atoms with Gasteiger partial charge in [-0.15, -0.1) is 0 Å². The van der Waals surface area contributed by atoms with Crippen molar-refractivity contribution in [1.29, 1.82) is 5.26 Å². The minimum absolute atomic E-state index is 0.128. The van der Waals surface area contributed by atoms with Gasteiger partial charge in [0.05, 0.1) is 16.8 Å². The van der Waals surface area contributed by atoms with Crippen LogP contribution >= 0.6 is 11.8 Å². The monoisotopic (exact) mass is 488 g/mol. The summed E-state index contributed by atoms with van der Waals surface area (Å²) in [5, 5.41) is 14.1. The standard InChI is InChI=1S/C27H28N4O3S/c1-17-5-6-19(18(2)31-7-3-4-8-31)12-22(17)29-26(32)16-35-27-21(15-28)11-20-13-24-25(14-23(20)30-27)34-10-9-33-24/h5-6,11-14,18H,3-4,7-10,16H2,1-2H3,(H,29,32). The van der Waals surface area contributed by atoms with Crippen molar-refractivity contribution >= 4 is 34.3 Å². The van der Waals surface area contributed by atoms with E-state index in [2.05, 4.69) is 46.4 Å². The van der Waals surface area contributed by atoms with E-state index in [1.165, 1.54) is 30.2 Å².